The number of carbonyl (C=O) groups excluding carboxylic acids is 1. The van der Waals surface area contributed by atoms with E-state index in [1.54, 1.807) is 0 Å². The van der Waals surface area contributed by atoms with Crippen molar-refractivity contribution in [3.8, 4) is 0 Å². The summed E-state index contributed by atoms with van der Waals surface area (Å²) in [5, 5.41) is 6.47. The Labute approximate surface area is 122 Å². The van der Waals surface area contributed by atoms with E-state index in [1.165, 1.54) is 18.4 Å². The number of anilines is 1. The van der Waals surface area contributed by atoms with E-state index >= 15 is 0 Å². The molecule has 0 unspecified atom stereocenters. The molecule has 2 N–H and O–H groups in total. The molecule has 0 atom stereocenters. The number of carbonyl (C=O) groups is 1. The second-order valence-corrected chi connectivity index (χ2v) is 6.10. The molecule has 3 heteroatoms. The average Bonchev–Trinajstić information content (AvgIpc) is 2.88. The van der Waals surface area contributed by atoms with Crippen LogP contribution in [0, 0.1) is 5.41 Å². The maximum Gasteiger partial charge on any atom is 0.230 e. The number of nitrogens with one attached hydrogen (secondary N) is 2. The lowest BCUT2D eigenvalue weighted by molar-refractivity contribution is -0.124. The molecule has 1 fully saturated rings. The Balaban J connectivity index is 1.95. The van der Waals surface area contributed by atoms with E-state index < -0.39 is 0 Å². The van der Waals surface area contributed by atoms with Crippen LogP contribution in [0.2, 0.25) is 0 Å². The summed E-state index contributed by atoms with van der Waals surface area (Å²) in [6.45, 7) is 6.12. The Morgan fingerprint density at radius 3 is 2.75 bits per heavy atom. The SMILES string of the molecule is CCCNCc1cccc(NC(=O)C2(C)CCCC2)c1. The number of rotatable bonds is 6. The van der Waals surface area contributed by atoms with E-state index in [1.807, 2.05) is 12.1 Å². The summed E-state index contributed by atoms with van der Waals surface area (Å²) >= 11 is 0. The number of benzene rings is 1. The van der Waals surface area contributed by atoms with Crippen LogP contribution in [0.3, 0.4) is 0 Å². The number of hydrogen-bond acceptors (Lipinski definition) is 2. The zero-order valence-electron chi connectivity index (χ0n) is 12.7. The summed E-state index contributed by atoms with van der Waals surface area (Å²) in [6.07, 6.45) is 5.50. The third-order valence-corrected chi connectivity index (χ3v) is 4.20. The van der Waals surface area contributed by atoms with Crippen LogP contribution < -0.4 is 10.6 Å². The standard InChI is InChI=1S/C17H26N2O/c1-3-11-18-13-14-7-6-8-15(12-14)19-16(20)17(2)9-4-5-10-17/h6-8,12,18H,3-5,9-11,13H2,1-2H3,(H,19,20). The molecule has 1 aromatic rings. The topological polar surface area (TPSA) is 41.1 Å². The Morgan fingerprint density at radius 1 is 1.30 bits per heavy atom. The number of hydrogen-bond donors (Lipinski definition) is 2. The highest BCUT2D eigenvalue weighted by Crippen LogP contribution is 2.38. The molecule has 20 heavy (non-hydrogen) atoms. The number of amides is 1. The molecule has 0 radical (unpaired) electrons. The zero-order valence-corrected chi connectivity index (χ0v) is 12.7. The van der Waals surface area contributed by atoms with Gasteiger partial charge in [-0.25, -0.2) is 0 Å². The van der Waals surface area contributed by atoms with Crippen molar-refractivity contribution in [3.05, 3.63) is 29.8 Å². The van der Waals surface area contributed by atoms with Crippen molar-refractivity contribution in [1.82, 2.24) is 5.32 Å². The predicted octanol–water partition coefficient (Wildman–Crippen LogP) is 3.71. The van der Waals surface area contributed by atoms with Gasteiger partial charge in [0.1, 0.15) is 0 Å². The van der Waals surface area contributed by atoms with Crippen molar-refractivity contribution in [2.24, 2.45) is 5.41 Å². The minimum absolute atomic E-state index is 0.170. The summed E-state index contributed by atoms with van der Waals surface area (Å²) in [5.41, 5.74) is 1.96. The van der Waals surface area contributed by atoms with Crippen molar-refractivity contribution in [2.75, 3.05) is 11.9 Å². The molecular formula is C17H26N2O. The fraction of sp³-hybridized carbons (Fsp3) is 0.588. The van der Waals surface area contributed by atoms with E-state index in [0.29, 0.717) is 0 Å². The fourth-order valence-corrected chi connectivity index (χ4v) is 2.83. The predicted molar refractivity (Wildman–Crippen MR) is 83.6 cm³/mol. The van der Waals surface area contributed by atoms with Gasteiger partial charge in [0.15, 0.2) is 0 Å². The molecule has 1 saturated carbocycles. The normalized spacial score (nSPS) is 17.1. The van der Waals surface area contributed by atoms with Crippen molar-refractivity contribution >= 4 is 11.6 Å². The van der Waals surface area contributed by atoms with Crippen LogP contribution in [-0.4, -0.2) is 12.5 Å². The van der Waals surface area contributed by atoms with Gasteiger partial charge in [0.2, 0.25) is 5.91 Å². The monoisotopic (exact) mass is 274 g/mol. The van der Waals surface area contributed by atoms with E-state index in [4.69, 9.17) is 0 Å². The maximum atomic E-state index is 12.4. The highest BCUT2D eigenvalue weighted by molar-refractivity contribution is 5.95. The first-order valence-corrected chi connectivity index (χ1v) is 7.75. The van der Waals surface area contributed by atoms with Gasteiger partial charge in [-0.1, -0.05) is 38.8 Å². The van der Waals surface area contributed by atoms with Gasteiger partial charge in [0, 0.05) is 17.6 Å². The van der Waals surface area contributed by atoms with Crippen LogP contribution in [-0.2, 0) is 11.3 Å². The van der Waals surface area contributed by atoms with Gasteiger partial charge in [-0.3, -0.25) is 4.79 Å². The first-order chi connectivity index (χ1) is 9.64. The summed E-state index contributed by atoms with van der Waals surface area (Å²) in [4.78, 5) is 12.4. The van der Waals surface area contributed by atoms with Crippen LogP contribution in [0.15, 0.2) is 24.3 Å². The van der Waals surface area contributed by atoms with Gasteiger partial charge in [0.05, 0.1) is 0 Å². The zero-order chi connectivity index (χ0) is 14.4. The lowest BCUT2D eigenvalue weighted by Crippen LogP contribution is -2.30. The van der Waals surface area contributed by atoms with Crippen LogP contribution in [0.4, 0.5) is 5.69 Å². The van der Waals surface area contributed by atoms with E-state index in [0.717, 1.165) is 38.0 Å². The Hall–Kier alpha value is -1.35. The van der Waals surface area contributed by atoms with Crippen molar-refractivity contribution in [1.29, 1.82) is 0 Å². The lowest BCUT2D eigenvalue weighted by atomic mass is 9.88. The molecule has 0 spiro atoms. The molecule has 0 aliphatic heterocycles. The van der Waals surface area contributed by atoms with Gasteiger partial charge in [0.25, 0.3) is 0 Å². The summed E-state index contributed by atoms with van der Waals surface area (Å²) in [5.74, 6) is 0.175. The quantitative estimate of drug-likeness (QED) is 0.777. The van der Waals surface area contributed by atoms with Crippen molar-refractivity contribution < 1.29 is 4.79 Å². The lowest BCUT2D eigenvalue weighted by Gasteiger charge is -2.22. The third-order valence-electron chi connectivity index (χ3n) is 4.20. The van der Waals surface area contributed by atoms with Gasteiger partial charge < -0.3 is 10.6 Å². The Bertz CT molecular complexity index is 450. The second kappa shape index (κ2) is 6.89. The molecule has 1 aliphatic rings. The van der Waals surface area contributed by atoms with Crippen LogP contribution in [0.5, 0.6) is 0 Å². The molecule has 0 aromatic heterocycles. The van der Waals surface area contributed by atoms with Crippen LogP contribution >= 0.6 is 0 Å². The molecular weight excluding hydrogens is 248 g/mol. The first kappa shape index (κ1) is 15.0. The van der Waals surface area contributed by atoms with Crippen molar-refractivity contribution in [2.45, 2.75) is 52.5 Å². The van der Waals surface area contributed by atoms with Gasteiger partial charge in [-0.15, -0.1) is 0 Å². The summed E-state index contributed by atoms with van der Waals surface area (Å²) in [7, 11) is 0. The van der Waals surface area contributed by atoms with E-state index in [-0.39, 0.29) is 11.3 Å². The van der Waals surface area contributed by atoms with Crippen molar-refractivity contribution in [3.63, 3.8) is 0 Å². The van der Waals surface area contributed by atoms with Crippen LogP contribution in [0.25, 0.3) is 0 Å². The molecule has 2 rings (SSSR count). The highest BCUT2D eigenvalue weighted by atomic mass is 16.2. The maximum absolute atomic E-state index is 12.4. The molecule has 110 valence electrons. The summed E-state index contributed by atoms with van der Waals surface area (Å²) in [6, 6.07) is 8.14. The van der Waals surface area contributed by atoms with Gasteiger partial charge in [-0.2, -0.15) is 0 Å². The molecule has 3 nitrogen and oxygen atoms in total. The van der Waals surface area contributed by atoms with Crippen LogP contribution in [0.1, 0.15) is 51.5 Å². The summed E-state index contributed by atoms with van der Waals surface area (Å²) < 4.78 is 0. The van der Waals surface area contributed by atoms with E-state index in [2.05, 4.69) is 36.6 Å². The molecule has 0 bridgehead atoms. The Kier molecular flexibility index (Phi) is 5.18. The Morgan fingerprint density at radius 2 is 2.05 bits per heavy atom. The highest BCUT2D eigenvalue weighted by Gasteiger charge is 2.36. The molecule has 1 amide bonds. The van der Waals surface area contributed by atoms with Gasteiger partial charge in [-0.05, 0) is 43.5 Å². The van der Waals surface area contributed by atoms with Gasteiger partial charge >= 0.3 is 0 Å². The second-order valence-electron chi connectivity index (χ2n) is 6.10. The fourth-order valence-electron chi connectivity index (χ4n) is 2.83. The smallest absolute Gasteiger partial charge is 0.230 e. The van der Waals surface area contributed by atoms with E-state index in [9.17, 15) is 4.79 Å². The first-order valence-electron chi connectivity index (χ1n) is 7.75. The molecule has 0 heterocycles. The molecule has 1 aromatic carbocycles. The minimum atomic E-state index is -0.170. The molecule has 1 aliphatic carbocycles. The largest absolute Gasteiger partial charge is 0.326 e. The average molecular weight is 274 g/mol. The molecule has 0 saturated heterocycles. The third kappa shape index (κ3) is 3.83. The minimum Gasteiger partial charge on any atom is -0.326 e.